The standard InChI is InChI=1S/C51H53ClN8O6/c1-31-40(35-10-13-45-43(19-35)51(64)59(3)28-50(63)60(45)17-16-54-26-38-11-14-48(61)57-38)6-4-7-41(31)42-8-5-9-46(32(42)2)66-30-37-21-47(65-29-34-18-33(22-53)23-55-24-34)36(20-44(37)52)25-56-27-39-12-15-49(62)58-39/h4-10,13,18-21,23-24,38-39,54,56H,11-12,14-17,25-30H2,1-3H3,(H,57,61)(H,58,62)/t38-,39+/m1/s1. The number of amides is 4. The van der Waals surface area contributed by atoms with Gasteiger partial charge in [-0.25, -0.2) is 0 Å². The average molecular weight is 909 g/mol. The minimum atomic E-state index is -0.220. The Morgan fingerprint density at radius 3 is 2.21 bits per heavy atom. The van der Waals surface area contributed by atoms with E-state index in [4.69, 9.17) is 21.1 Å². The summed E-state index contributed by atoms with van der Waals surface area (Å²) < 4.78 is 12.9. The van der Waals surface area contributed by atoms with Gasteiger partial charge in [-0.2, -0.15) is 5.26 Å². The molecule has 2 saturated heterocycles. The monoisotopic (exact) mass is 908 g/mol. The van der Waals surface area contributed by atoms with Gasteiger partial charge in [0.15, 0.2) is 0 Å². The summed E-state index contributed by atoms with van der Waals surface area (Å²) in [6, 6.07) is 25.6. The molecule has 0 aliphatic carbocycles. The lowest BCUT2D eigenvalue weighted by Crippen LogP contribution is -2.43. The Bertz CT molecular complexity index is 2720. The minimum Gasteiger partial charge on any atom is -0.489 e. The molecular formula is C51H53ClN8O6. The van der Waals surface area contributed by atoms with E-state index in [0.717, 1.165) is 62.9 Å². The number of nitrogens with zero attached hydrogens (tertiary/aromatic N) is 4. The third kappa shape index (κ3) is 10.5. The van der Waals surface area contributed by atoms with Gasteiger partial charge in [0.1, 0.15) is 37.3 Å². The molecule has 8 rings (SSSR count). The lowest BCUT2D eigenvalue weighted by molar-refractivity contribution is -0.120. The van der Waals surface area contributed by atoms with Gasteiger partial charge in [-0.15, -0.1) is 0 Å². The van der Waals surface area contributed by atoms with E-state index in [0.29, 0.717) is 78.9 Å². The topological polar surface area (TPSA) is 178 Å². The van der Waals surface area contributed by atoms with Crippen molar-refractivity contribution in [1.29, 1.82) is 5.26 Å². The minimum absolute atomic E-state index is 0.0297. The molecule has 1 aromatic heterocycles. The number of carbonyl (C=O) groups is 4. The Balaban J connectivity index is 1.00. The highest BCUT2D eigenvalue weighted by atomic mass is 35.5. The van der Waals surface area contributed by atoms with Crippen LogP contribution in [0, 0.1) is 25.2 Å². The Hall–Kier alpha value is -6.79. The van der Waals surface area contributed by atoms with Gasteiger partial charge >= 0.3 is 0 Å². The van der Waals surface area contributed by atoms with Crippen LogP contribution in [0.3, 0.4) is 0 Å². The Kier molecular flexibility index (Phi) is 14.3. The summed E-state index contributed by atoms with van der Waals surface area (Å²) in [7, 11) is 1.65. The second-order valence-electron chi connectivity index (χ2n) is 17.1. The number of hydrogen-bond donors (Lipinski definition) is 4. The van der Waals surface area contributed by atoms with Crippen molar-refractivity contribution < 1.29 is 28.7 Å². The van der Waals surface area contributed by atoms with Crippen LogP contribution >= 0.6 is 11.6 Å². The van der Waals surface area contributed by atoms with Crippen LogP contribution in [-0.4, -0.2) is 85.4 Å². The molecule has 4 aromatic carbocycles. The summed E-state index contributed by atoms with van der Waals surface area (Å²) in [5, 5.41) is 22.7. The number of aromatic nitrogens is 1. The molecule has 66 heavy (non-hydrogen) atoms. The molecule has 15 heteroatoms. The molecule has 340 valence electrons. The van der Waals surface area contributed by atoms with Crippen molar-refractivity contribution in [3.05, 3.63) is 129 Å². The van der Waals surface area contributed by atoms with Crippen LogP contribution in [0.25, 0.3) is 22.3 Å². The molecule has 0 radical (unpaired) electrons. The summed E-state index contributed by atoms with van der Waals surface area (Å²) in [6.07, 6.45) is 5.80. The van der Waals surface area contributed by atoms with Gasteiger partial charge in [0.05, 0.1) is 16.8 Å². The lowest BCUT2D eigenvalue weighted by Gasteiger charge is -2.23. The van der Waals surface area contributed by atoms with Gasteiger partial charge in [-0.3, -0.25) is 24.2 Å². The van der Waals surface area contributed by atoms with Crippen LogP contribution in [0.4, 0.5) is 5.69 Å². The first-order chi connectivity index (χ1) is 31.9. The number of nitriles is 1. The van der Waals surface area contributed by atoms with Gasteiger partial charge in [-0.1, -0.05) is 48.0 Å². The lowest BCUT2D eigenvalue weighted by atomic mass is 9.90. The zero-order valence-electron chi connectivity index (χ0n) is 37.3. The number of anilines is 1. The van der Waals surface area contributed by atoms with Gasteiger partial charge in [0.2, 0.25) is 17.7 Å². The van der Waals surface area contributed by atoms with E-state index in [1.165, 1.54) is 11.1 Å². The molecule has 2 atom stereocenters. The number of hydrogen-bond acceptors (Lipinski definition) is 10. The fourth-order valence-corrected chi connectivity index (χ4v) is 9.07. The highest BCUT2D eigenvalue weighted by molar-refractivity contribution is 6.31. The molecule has 0 bridgehead atoms. The molecule has 3 aliphatic rings. The van der Waals surface area contributed by atoms with E-state index in [9.17, 15) is 24.4 Å². The van der Waals surface area contributed by atoms with Crippen LogP contribution in [0.2, 0.25) is 5.02 Å². The Labute approximate surface area is 389 Å². The highest BCUT2D eigenvalue weighted by Gasteiger charge is 2.31. The van der Waals surface area contributed by atoms with E-state index >= 15 is 0 Å². The molecule has 0 spiro atoms. The molecule has 0 saturated carbocycles. The van der Waals surface area contributed by atoms with E-state index in [-0.39, 0.29) is 55.5 Å². The molecule has 3 aliphatic heterocycles. The number of ether oxygens (including phenoxy) is 2. The summed E-state index contributed by atoms with van der Waals surface area (Å²) in [6.45, 7) is 6.99. The van der Waals surface area contributed by atoms with E-state index in [1.807, 2.05) is 61.5 Å². The average Bonchev–Trinajstić information content (AvgIpc) is 3.92. The zero-order chi connectivity index (χ0) is 46.3. The maximum absolute atomic E-state index is 13.8. The molecular weight excluding hydrogens is 856 g/mol. The fraction of sp³-hybridized carbons (Fsp3) is 0.333. The van der Waals surface area contributed by atoms with Crippen molar-refractivity contribution in [3.63, 3.8) is 0 Å². The molecule has 4 N–H and O–H groups in total. The number of pyridine rings is 1. The quantitative estimate of drug-likeness (QED) is 0.0767. The van der Waals surface area contributed by atoms with Gasteiger partial charge in [-0.05, 0) is 96.5 Å². The Morgan fingerprint density at radius 1 is 0.788 bits per heavy atom. The molecule has 0 unspecified atom stereocenters. The maximum Gasteiger partial charge on any atom is 0.256 e. The van der Waals surface area contributed by atoms with Crippen LogP contribution in [0.1, 0.15) is 69.4 Å². The largest absolute Gasteiger partial charge is 0.489 e. The normalized spacial score (nSPS) is 17.0. The first-order valence-corrected chi connectivity index (χ1v) is 22.6. The van der Waals surface area contributed by atoms with Gasteiger partial charge < -0.3 is 40.5 Å². The van der Waals surface area contributed by atoms with Crippen molar-refractivity contribution in [2.24, 2.45) is 0 Å². The predicted molar refractivity (Wildman–Crippen MR) is 252 cm³/mol. The number of benzene rings is 4. The summed E-state index contributed by atoms with van der Waals surface area (Å²) in [5.41, 5.74) is 9.55. The van der Waals surface area contributed by atoms with E-state index < -0.39 is 0 Å². The second-order valence-corrected chi connectivity index (χ2v) is 17.5. The zero-order valence-corrected chi connectivity index (χ0v) is 38.1. The van der Waals surface area contributed by atoms with Crippen molar-refractivity contribution >= 4 is 40.9 Å². The first-order valence-electron chi connectivity index (χ1n) is 22.3. The molecule has 5 aromatic rings. The number of carbonyl (C=O) groups excluding carboxylic acids is 4. The van der Waals surface area contributed by atoms with Crippen LogP contribution in [-0.2, 0) is 34.1 Å². The van der Waals surface area contributed by atoms with E-state index in [2.05, 4.69) is 51.4 Å². The van der Waals surface area contributed by atoms with E-state index in [1.54, 1.807) is 24.2 Å². The first kappa shape index (κ1) is 45.8. The van der Waals surface area contributed by atoms with Gasteiger partial charge in [0.25, 0.3) is 5.91 Å². The van der Waals surface area contributed by atoms with Crippen LogP contribution < -0.4 is 35.6 Å². The number of rotatable bonds is 17. The van der Waals surface area contributed by atoms with Crippen LogP contribution in [0.15, 0.2) is 85.2 Å². The molecule has 4 amide bonds. The smallest absolute Gasteiger partial charge is 0.256 e. The third-order valence-corrected chi connectivity index (χ3v) is 12.8. The Morgan fingerprint density at radius 2 is 1.48 bits per heavy atom. The molecule has 4 heterocycles. The van der Waals surface area contributed by atoms with Crippen LogP contribution in [0.5, 0.6) is 11.5 Å². The SMILES string of the molecule is Cc1c(OCc2cc(OCc3cncc(C#N)c3)c(CNC[C@@H]3CCC(=O)N3)cc2Cl)cccc1-c1cccc(-c2ccc3c(c2)C(=O)N(C)CC(=O)N3CCNC[C@H]2CCC(=O)N2)c1C. The summed E-state index contributed by atoms with van der Waals surface area (Å²) in [5.74, 6) is 1.04. The maximum atomic E-state index is 13.8. The van der Waals surface area contributed by atoms with Crippen molar-refractivity contribution in [2.75, 3.05) is 44.7 Å². The molecule has 2 fully saturated rings. The fourth-order valence-electron chi connectivity index (χ4n) is 8.83. The van der Waals surface area contributed by atoms with Crippen molar-refractivity contribution in [2.45, 2.75) is 71.4 Å². The number of halogens is 1. The number of fused-ring (bicyclic) bond motifs is 1. The van der Waals surface area contributed by atoms with Crippen molar-refractivity contribution in [1.82, 2.24) is 31.2 Å². The van der Waals surface area contributed by atoms with Crippen molar-refractivity contribution in [3.8, 4) is 39.8 Å². The molecule has 14 nitrogen and oxygen atoms in total. The highest BCUT2D eigenvalue weighted by Crippen LogP contribution is 2.39. The summed E-state index contributed by atoms with van der Waals surface area (Å²) in [4.78, 5) is 57.9. The predicted octanol–water partition coefficient (Wildman–Crippen LogP) is 6.37. The summed E-state index contributed by atoms with van der Waals surface area (Å²) >= 11 is 6.93. The number of likely N-dealkylation sites (N-methyl/N-ethyl adjacent to an activating group) is 1. The second kappa shape index (κ2) is 20.6. The number of nitrogens with one attached hydrogen (secondary N) is 4. The van der Waals surface area contributed by atoms with Gasteiger partial charge in [0, 0.05) is 98.8 Å². The third-order valence-electron chi connectivity index (χ3n) is 12.5.